The van der Waals surface area contributed by atoms with Gasteiger partial charge in [0.25, 0.3) is 0 Å². The summed E-state index contributed by atoms with van der Waals surface area (Å²) in [5.74, 6) is -2.14. The number of hydrogen-bond acceptors (Lipinski definition) is 6. The van der Waals surface area contributed by atoms with Crippen molar-refractivity contribution >= 4 is 23.7 Å². The van der Waals surface area contributed by atoms with E-state index >= 15 is 0 Å². The van der Waals surface area contributed by atoms with E-state index in [-0.39, 0.29) is 59.9 Å². The number of carboxylic acid groups (broad SMARTS) is 1. The molecule has 8 atom stereocenters. The van der Waals surface area contributed by atoms with Crippen LogP contribution < -0.4 is 5.32 Å². The van der Waals surface area contributed by atoms with Crippen LogP contribution in [-0.4, -0.2) is 109 Å². The van der Waals surface area contributed by atoms with Crippen LogP contribution in [0.1, 0.15) is 81.1 Å². The molecule has 10 heteroatoms. The fraction of sp³-hybridized carbons (Fsp3) is 0.871. The lowest BCUT2D eigenvalue weighted by Gasteiger charge is -2.41. The molecule has 1 heterocycles. The standard InChI is InChI=1S/C31H58N4O6/c1-13-20(6)28(34(11)30(38)26(18(2)3)32-29(37)27(19(4)5)33(9)10)24(41-12)17-25(36)35-16-14-15-23(35)21(7)22(8)31(39)40/h18-24,26-28H,13-17H2,1-12H3,(H,32,37)(H,39,40)/t20-,21+,22+,23-,24+,26-,27+,28-/m0/s1. The van der Waals surface area contributed by atoms with Crippen LogP contribution in [0.25, 0.3) is 0 Å². The van der Waals surface area contributed by atoms with Gasteiger partial charge in [-0.1, -0.05) is 61.8 Å². The molecule has 238 valence electrons. The van der Waals surface area contributed by atoms with E-state index in [2.05, 4.69) is 5.32 Å². The molecule has 1 aliphatic rings. The molecule has 1 saturated heterocycles. The summed E-state index contributed by atoms with van der Waals surface area (Å²) in [6.07, 6.45) is 1.90. The summed E-state index contributed by atoms with van der Waals surface area (Å²) in [5, 5.41) is 12.5. The number of nitrogens with one attached hydrogen (secondary N) is 1. The number of nitrogens with zero attached hydrogens (tertiary/aromatic N) is 3. The van der Waals surface area contributed by atoms with Crippen molar-refractivity contribution in [3.63, 3.8) is 0 Å². The lowest BCUT2D eigenvalue weighted by molar-refractivity contribution is -0.148. The lowest BCUT2D eigenvalue weighted by atomic mass is 9.87. The third-order valence-electron chi connectivity index (χ3n) is 9.17. The van der Waals surface area contributed by atoms with Crippen molar-refractivity contribution in [1.29, 1.82) is 0 Å². The van der Waals surface area contributed by atoms with Gasteiger partial charge in [-0.2, -0.15) is 0 Å². The summed E-state index contributed by atoms with van der Waals surface area (Å²) in [5.41, 5.74) is 0. The van der Waals surface area contributed by atoms with Gasteiger partial charge in [0.1, 0.15) is 6.04 Å². The Morgan fingerprint density at radius 2 is 1.59 bits per heavy atom. The number of likely N-dealkylation sites (tertiary alicyclic amines) is 1. The van der Waals surface area contributed by atoms with Crippen LogP contribution in [0.2, 0.25) is 0 Å². The van der Waals surface area contributed by atoms with Crippen molar-refractivity contribution in [3.05, 3.63) is 0 Å². The van der Waals surface area contributed by atoms with Crippen molar-refractivity contribution in [2.24, 2.45) is 29.6 Å². The maximum atomic E-state index is 14.0. The Bertz CT molecular complexity index is 871. The van der Waals surface area contributed by atoms with Crippen LogP contribution in [0.4, 0.5) is 0 Å². The summed E-state index contributed by atoms with van der Waals surface area (Å²) < 4.78 is 5.91. The van der Waals surface area contributed by atoms with Gasteiger partial charge in [0.05, 0.1) is 30.5 Å². The van der Waals surface area contributed by atoms with E-state index in [0.717, 1.165) is 19.3 Å². The number of amides is 3. The molecule has 0 aromatic heterocycles. The molecule has 0 spiro atoms. The Labute approximate surface area is 248 Å². The van der Waals surface area contributed by atoms with Gasteiger partial charge < -0.3 is 25.0 Å². The maximum absolute atomic E-state index is 14.0. The van der Waals surface area contributed by atoms with Gasteiger partial charge in [-0.05, 0) is 50.6 Å². The van der Waals surface area contributed by atoms with Gasteiger partial charge in [-0.3, -0.25) is 24.1 Å². The summed E-state index contributed by atoms with van der Waals surface area (Å²) >= 11 is 0. The molecule has 0 bridgehead atoms. The van der Waals surface area contributed by atoms with E-state index in [0.29, 0.717) is 6.54 Å². The van der Waals surface area contributed by atoms with Crippen LogP contribution in [-0.2, 0) is 23.9 Å². The Hall–Kier alpha value is -2.20. The molecule has 0 saturated carbocycles. The van der Waals surface area contributed by atoms with Crippen LogP contribution in [0.15, 0.2) is 0 Å². The number of carbonyl (C=O) groups is 4. The molecule has 1 aliphatic heterocycles. The first-order valence-corrected chi connectivity index (χ1v) is 15.3. The molecule has 1 fully saturated rings. The topological polar surface area (TPSA) is 119 Å². The number of rotatable bonds is 16. The second-order valence-corrected chi connectivity index (χ2v) is 13.0. The second kappa shape index (κ2) is 16.4. The average molecular weight is 583 g/mol. The Balaban J connectivity index is 3.23. The van der Waals surface area contributed by atoms with Crippen molar-refractivity contribution in [2.75, 3.05) is 34.8 Å². The highest BCUT2D eigenvalue weighted by atomic mass is 16.5. The molecule has 0 aromatic carbocycles. The van der Waals surface area contributed by atoms with Crippen LogP contribution in [0, 0.1) is 29.6 Å². The van der Waals surface area contributed by atoms with E-state index in [1.54, 1.807) is 26.0 Å². The third kappa shape index (κ3) is 9.40. The highest BCUT2D eigenvalue weighted by Crippen LogP contribution is 2.31. The van der Waals surface area contributed by atoms with Crippen LogP contribution >= 0.6 is 0 Å². The molecule has 10 nitrogen and oxygen atoms in total. The van der Waals surface area contributed by atoms with Gasteiger partial charge in [0.2, 0.25) is 17.7 Å². The lowest BCUT2D eigenvalue weighted by Crippen LogP contribution is -2.59. The quantitative estimate of drug-likeness (QED) is 0.286. The molecule has 1 rings (SSSR count). The number of carboxylic acids is 1. The van der Waals surface area contributed by atoms with Crippen molar-refractivity contribution < 1.29 is 29.0 Å². The molecule has 41 heavy (non-hydrogen) atoms. The predicted molar refractivity (Wildman–Crippen MR) is 161 cm³/mol. The number of hydrogen-bond donors (Lipinski definition) is 2. The fourth-order valence-electron chi connectivity index (χ4n) is 6.33. The Kier molecular flexibility index (Phi) is 14.8. The van der Waals surface area contributed by atoms with Crippen molar-refractivity contribution in [2.45, 2.75) is 111 Å². The number of likely N-dealkylation sites (N-methyl/N-ethyl adjacent to an activating group) is 2. The molecular weight excluding hydrogens is 524 g/mol. The Morgan fingerprint density at radius 3 is 2.02 bits per heavy atom. The SMILES string of the molecule is CC[C@H](C)[C@@H]([C@@H](CC(=O)N1CCC[C@H]1[C@H](C)[C@@H](C)C(=O)O)OC)N(C)C(=O)[C@@H](NC(=O)[C@@H](C(C)C)N(C)C)C(C)C. The zero-order chi connectivity index (χ0) is 31.8. The van der Waals surface area contributed by atoms with E-state index < -0.39 is 30.1 Å². The first kappa shape index (κ1) is 36.8. The smallest absolute Gasteiger partial charge is 0.306 e. The minimum absolute atomic E-state index is 0.0238. The van der Waals surface area contributed by atoms with Gasteiger partial charge in [-0.15, -0.1) is 0 Å². The van der Waals surface area contributed by atoms with E-state index in [9.17, 15) is 24.3 Å². The number of aliphatic carboxylic acids is 1. The summed E-state index contributed by atoms with van der Waals surface area (Å²) in [4.78, 5) is 57.8. The van der Waals surface area contributed by atoms with Crippen LogP contribution in [0.5, 0.6) is 0 Å². The Morgan fingerprint density at radius 1 is 1.00 bits per heavy atom. The number of methoxy groups -OCH3 is 1. The zero-order valence-corrected chi connectivity index (χ0v) is 27.6. The molecule has 0 unspecified atom stereocenters. The summed E-state index contributed by atoms with van der Waals surface area (Å²) in [7, 11) is 7.01. The number of carbonyl (C=O) groups excluding carboxylic acids is 3. The monoisotopic (exact) mass is 582 g/mol. The van der Waals surface area contributed by atoms with Gasteiger partial charge in [0, 0.05) is 26.7 Å². The average Bonchev–Trinajstić information content (AvgIpc) is 3.39. The first-order valence-electron chi connectivity index (χ1n) is 15.3. The second-order valence-electron chi connectivity index (χ2n) is 13.0. The minimum atomic E-state index is -0.861. The first-order chi connectivity index (χ1) is 19.0. The van der Waals surface area contributed by atoms with E-state index in [4.69, 9.17) is 4.74 Å². The third-order valence-corrected chi connectivity index (χ3v) is 9.17. The van der Waals surface area contributed by atoms with Crippen molar-refractivity contribution in [3.8, 4) is 0 Å². The molecular formula is C31H58N4O6. The molecule has 2 N–H and O–H groups in total. The van der Waals surface area contributed by atoms with Crippen molar-refractivity contribution in [1.82, 2.24) is 20.0 Å². The number of ether oxygens (including phenoxy) is 1. The summed E-state index contributed by atoms with van der Waals surface area (Å²) in [6, 6.07) is -1.64. The fourth-order valence-corrected chi connectivity index (χ4v) is 6.33. The normalized spacial score (nSPS) is 20.9. The molecule has 0 aromatic rings. The molecule has 0 radical (unpaired) electrons. The van der Waals surface area contributed by atoms with Gasteiger partial charge in [0.15, 0.2) is 0 Å². The molecule has 3 amide bonds. The van der Waals surface area contributed by atoms with Gasteiger partial charge >= 0.3 is 5.97 Å². The zero-order valence-electron chi connectivity index (χ0n) is 27.6. The maximum Gasteiger partial charge on any atom is 0.306 e. The van der Waals surface area contributed by atoms with E-state index in [1.165, 1.54) is 0 Å². The van der Waals surface area contributed by atoms with Crippen LogP contribution in [0.3, 0.4) is 0 Å². The highest BCUT2D eigenvalue weighted by molar-refractivity contribution is 5.90. The highest BCUT2D eigenvalue weighted by Gasteiger charge is 2.41. The minimum Gasteiger partial charge on any atom is -0.481 e. The molecule has 0 aliphatic carbocycles. The largest absolute Gasteiger partial charge is 0.481 e. The predicted octanol–water partition coefficient (Wildman–Crippen LogP) is 3.34. The van der Waals surface area contributed by atoms with E-state index in [1.807, 2.05) is 72.4 Å². The van der Waals surface area contributed by atoms with Gasteiger partial charge in [-0.25, -0.2) is 0 Å². The summed E-state index contributed by atoms with van der Waals surface area (Å²) in [6.45, 7) is 16.1.